The van der Waals surface area contributed by atoms with E-state index in [1.54, 1.807) is 34.0 Å². The van der Waals surface area contributed by atoms with E-state index in [1.807, 2.05) is 12.1 Å². The van der Waals surface area contributed by atoms with Crippen molar-refractivity contribution in [3.63, 3.8) is 0 Å². The maximum absolute atomic E-state index is 5.34. The molecule has 0 radical (unpaired) electrons. The average molecular weight is 832 g/mol. The van der Waals surface area contributed by atoms with Gasteiger partial charge in [-0.1, -0.05) is 121 Å². The minimum atomic E-state index is 0.628. The minimum absolute atomic E-state index is 0.628. The van der Waals surface area contributed by atoms with Crippen molar-refractivity contribution in [1.82, 2.24) is 24.9 Å². The van der Waals surface area contributed by atoms with Gasteiger partial charge < -0.3 is 0 Å². The first-order valence-electron chi connectivity index (χ1n) is 20.1. The zero-order chi connectivity index (χ0) is 40.0. The second kappa shape index (κ2) is 13.7. The fraction of sp³-hybridized carbons (Fsp3) is 0. The molecule has 0 aliphatic rings. The highest BCUT2D eigenvalue weighted by Crippen LogP contribution is 2.44. The molecule has 0 fully saturated rings. The van der Waals surface area contributed by atoms with Gasteiger partial charge in [-0.2, -0.15) is 0 Å². The molecule has 8 aromatic carbocycles. The van der Waals surface area contributed by atoms with Crippen LogP contribution in [0.5, 0.6) is 0 Å². The molecule has 0 amide bonds. The first-order chi connectivity index (χ1) is 30.2. The van der Waals surface area contributed by atoms with Gasteiger partial charge in [-0.25, -0.2) is 24.9 Å². The number of para-hydroxylation sites is 1. The van der Waals surface area contributed by atoms with E-state index < -0.39 is 0 Å². The van der Waals surface area contributed by atoms with Gasteiger partial charge in [-0.05, 0) is 54.6 Å². The van der Waals surface area contributed by atoms with Crippen LogP contribution in [-0.4, -0.2) is 24.9 Å². The fourth-order valence-corrected chi connectivity index (χ4v) is 12.3. The molecule has 0 spiro atoms. The van der Waals surface area contributed by atoms with Crippen molar-refractivity contribution in [3.8, 4) is 56.8 Å². The fourth-order valence-electron chi connectivity index (χ4n) is 8.76. The molecule has 0 bridgehead atoms. The highest BCUT2D eigenvalue weighted by Gasteiger charge is 2.21. The van der Waals surface area contributed by atoms with Crippen LogP contribution in [0.2, 0.25) is 0 Å². The number of benzene rings is 8. The third kappa shape index (κ3) is 5.53. The second-order valence-corrected chi connectivity index (χ2v) is 18.3. The highest BCUT2D eigenvalue weighted by molar-refractivity contribution is 7.27. The first-order valence-corrected chi connectivity index (χ1v) is 22.5. The third-order valence-corrected chi connectivity index (χ3v) is 15.1. The van der Waals surface area contributed by atoms with Gasteiger partial charge in [-0.15, -0.1) is 34.0 Å². The molecule has 0 saturated heterocycles. The van der Waals surface area contributed by atoms with Gasteiger partial charge >= 0.3 is 0 Å². The molecule has 0 aliphatic heterocycles. The summed E-state index contributed by atoms with van der Waals surface area (Å²) in [7, 11) is 0. The summed E-state index contributed by atoms with van der Waals surface area (Å²) in [6.45, 7) is 0. The number of hydrogen-bond donors (Lipinski definition) is 0. The largest absolute Gasteiger partial charge is 0.228 e. The van der Waals surface area contributed by atoms with Crippen molar-refractivity contribution >= 4 is 105 Å². The standard InChI is InChI=1S/C53H29N5S3/c1-2-13-30(14-3-1)47-36-17-4-7-23-41(36)54-51(55-47)37-20-12-26-45-46(37)40-29-31(27-28-44(40)59-45)50-56-52(38-21-10-18-34-32-15-5-8-24-42(32)60-48(34)38)58-53(57-50)39-22-11-19-35-33-16-6-9-25-43(33)61-49(35)39/h1-29H. The molecule has 5 heterocycles. The topological polar surface area (TPSA) is 64.5 Å². The summed E-state index contributed by atoms with van der Waals surface area (Å²) >= 11 is 5.35. The smallest absolute Gasteiger partial charge is 0.165 e. The molecular weight excluding hydrogens is 803 g/mol. The van der Waals surface area contributed by atoms with Crippen molar-refractivity contribution in [1.29, 1.82) is 0 Å². The SMILES string of the molecule is c1ccc(-c2nc(-c3cccc4sc5ccc(-c6nc(-c7cccc8c7sc7ccccc78)nc(-c7cccc8c7sc7ccccc78)n6)cc5c34)nc3ccccc23)cc1. The molecule has 5 nitrogen and oxygen atoms in total. The van der Waals surface area contributed by atoms with Crippen LogP contribution in [0.25, 0.3) is 128 Å². The Hall–Kier alpha value is -7.23. The Balaban J connectivity index is 1.05. The molecule has 0 aliphatic carbocycles. The Morgan fingerprint density at radius 2 is 0.820 bits per heavy atom. The summed E-state index contributed by atoms with van der Waals surface area (Å²) in [6, 6.07) is 61.9. The van der Waals surface area contributed by atoms with Gasteiger partial charge in [0.1, 0.15) is 0 Å². The van der Waals surface area contributed by atoms with Crippen molar-refractivity contribution < 1.29 is 0 Å². The monoisotopic (exact) mass is 831 g/mol. The van der Waals surface area contributed by atoms with Gasteiger partial charge in [0.15, 0.2) is 23.3 Å². The first kappa shape index (κ1) is 34.6. The number of hydrogen-bond acceptors (Lipinski definition) is 8. The van der Waals surface area contributed by atoms with Gasteiger partial charge in [0, 0.05) is 93.7 Å². The molecule has 5 aromatic heterocycles. The summed E-state index contributed by atoms with van der Waals surface area (Å²) in [6.07, 6.45) is 0. The lowest BCUT2D eigenvalue weighted by Crippen LogP contribution is -2.00. The van der Waals surface area contributed by atoms with Crippen molar-refractivity contribution in [2.45, 2.75) is 0 Å². The maximum Gasteiger partial charge on any atom is 0.165 e. The summed E-state index contributed by atoms with van der Waals surface area (Å²) in [5.74, 6) is 2.64. The van der Waals surface area contributed by atoms with Crippen LogP contribution in [0.3, 0.4) is 0 Å². The van der Waals surface area contributed by atoms with Crippen molar-refractivity contribution in [3.05, 3.63) is 176 Å². The van der Waals surface area contributed by atoms with Crippen molar-refractivity contribution in [2.75, 3.05) is 0 Å². The quantitative estimate of drug-likeness (QED) is 0.173. The van der Waals surface area contributed by atoms with Gasteiger partial charge in [0.2, 0.25) is 0 Å². The number of fused-ring (bicyclic) bond motifs is 10. The minimum Gasteiger partial charge on any atom is -0.228 e. The lowest BCUT2D eigenvalue weighted by Gasteiger charge is -2.11. The number of aromatic nitrogens is 5. The van der Waals surface area contributed by atoms with Crippen LogP contribution < -0.4 is 0 Å². The molecule has 13 aromatic rings. The van der Waals surface area contributed by atoms with Crippen LogP contribution in [0.4, 0.5) is 0 Å². The molecule has 0 saturated carbocycles. The summed E-state index contributed by atoms with van der Waals surface area (Å²) < 4.78 is 7.17. The lowest BCUT2D eigenvalue weighted by atomic mass is 10.0. The molecule has 0 unspecified atom stereocenters. The van der Waals surface area contributed by atoms with Crippen molar-refractivity contribution in [2.24, 2.45) is 0 Å². The van der Waals surface area contributed by atoms with E-state index in [2.05, 4.69) is 164 Å². The number of thiophene rings is 3. The van der Waals surface area contributed by atoms with E-state index in [4.69, 9.17) is 24.9 Å². The number of rotatable bonds is 5. The zero-order valence-electron chi connectivity index (χ0n) is 32.2. The van der Waals surface area contributed by atoms with Gasteiger partial charge in [-0.3, -0.25) is 0 Å². The predicted octanol–water partition coefficient (Wildman–Crippen LogP) is 15.3. The van der Waals surface area contributed by atoms with E-state index >= 15 is 0 Å². The van der Waals surface area contributed by atoms with Gasteiger partial charge in [0.05, 0.1) is 11.2 Å². The Kier molecular flexibility index (Phi) is 7.75. The molecule has 8 heteroatoms. The second-order valence-electron chi connectivity index (χ2n) is 15.1. The van der Waals surface area contributed by atoms with Gasteiger partial charge in [0.25, 0.3) is 0 Å². The Bertz CT molecular complexity index is 3770. The summed E-state index contributed by atoms with van der Waals surface area (Å²) in [5.41, 5.74) is 6.81. The number of nitrogens with zero attached hydrogens (tertiary/aromatic N) is 5. The van der Waals surface area contributed by atoms with E-state index in [-0.39, 0.29) is 0 Å². The molecule has 284 valence electrons. The highest BCUT2D eigenvalue weighted by atomic mass is 32.1. The Labute approximate surface area is 361 Å². The Morgan fingerprint density at radius 1 is 0.295 bits per heavy atom. The maximum atomic E-state index is 5.34. The average Bonchev–Trinajstić information content (AvgIpc) is 4.02. The molecule has 13 rings (SSSR count). The van der Waals surface area contributed by atoms with Crippen LogP contribution >= 0.6 is 34.0 Å². The lowest BCUT2D eigenvalue weighted by molar-refractivity contribution is 1.08. The predicted molar refractivity (Wildman–Crippen MR) is 259 cm³/mol. The normalized spacial score (nSPS) is 11.9. The van der Waals surface area contributed by atoms with Crippen LogP contribution in [0.1, 0.15) is 0 Å². The molecular formula is C53H29N5S3. The van der Waals surface area contributed by atoms with Crippen LogP contribution in [-0.2, 0) is 0 Å². The van der Waals surface area contributed by atoms with Crippen LogP contribution in [0, 0.1) is 0 Å². The van der Waals surface area contributed by atoms with E-state index in [9.17, 15) is 0 Å². The molecule has 61 heavy (non-hydrogen) atoms. The van der Waals surface area contributed by atoms with E-state index in [1.165, 1.54) is 49.7 Å². The molecule has 0 N–H and O–H groups in total. The zero-order valence-corrected chi connectivity index (χ0v) is 34.7. The summed E-state index contributed by atoms with van der Waals surface area (Å²) in [5, 5.41) is 8.17. The molecule has 0 atom stereocenters. The Morgan fingerprint density at radius 3 is 1.52 bits per heavy atom. The summed E-state index contributed by atoms with van der Waals surface area (Å²) in [4.78, 5) is 26.5. The third-order valence-electron chi connectivity index (χ3n) is 11.6. The van der Waals surface area contributed by atoms with E-state index in [0.717, 1.165) is 55.2 Å². The van der Waals surface area contributed by atoms with E-state index in [0.29, 0.717) is 23.3 Å². The van der Waals surface area contributed by atoms with Crippen LogP contribution in [0.15, 0.2) is 176 Å².